The van der Waals surface area contributed by atoms with Crippen LogP contribution in [0.15, 0.2) is 83.3 Å². The second-order valence-corrected chi connectivity index (χ2v) is 14.8. The largest absolute Gasteiger partial charge is 0.456 e. The Labute approximate surface area is 265 Å². The van der Waals surface area contributed by atoms with Crippen molar-refractivity contribution in [2.45, 2.75) is 52.9 Å². The maximum Gasteiger partial charge on any atom is 0.266 e. The standard InChI is InChI=1S/C36H42N2O6S/c1-36(2,3)29-16-12-25(13-17-29)31(22-24-8-10-27(11-9-24)34(39)37-20-21-45(41,42)43)35(40)38-30-18-14-26(15-19-30)33-23-28-6-4-5-7-32(28)44-33/h4-11,14-15,18-19,23,25,29,31H,12-13,16-17,20-22H2,1-3H3,(H,37,39)(H,38,40)(H,41,42,43). The van der Waals surface area contributed by atoms with Gasteiger partial charge in [-0.1, -0.05) is 51.1 Å². The quantitative estimate of drug-likeness (QED) is 0.157. The molecule has 0 spiro atoms. The van der Waals surface area contributed by atoms with E-state index >= 15 is 0 Å². The first kappa shape index (κ1) is 32.4. The van der Waals surface area contributed by atoms with Crippen molar-refractivity contribution in [3.63, 3.8) is 0 Å². The SMILES string of the molecule is CC(C)(C)C1CCC(C(Cc2ccc(C(=O)NCCS(=O)(=O)O)cc2)C(=O)Nc2ccc(-c3cc4ccccc4o3)cc2)CC1. The topological polar surface area (TPSA) is 126 Å². The van der Waals surface area contributed by atoms with Crippen molar-refractivity contribution < 1.29 is 27.0 Å². The summed E-state index contributed by atoms with van der Waals surface area (Å²) < 4.78 is 36.8. The van der Waals surface area contributed by atoms with Gasteiger partial charge in [0.25, 0.3) is 16.0 Å². The van der Waals surface area contributed by atoms with Gasteiger partial charge < -0.3 is 15.1 Å². The van der Waals surface area contributed by atoms with E-state index in [4.69, 9.17) is 8.97 Å². The first-order chi connectivity index (χ1) is 21.4. The number of para-hydroxylation sites is 1. The van der Waals surface area contributed by atoms with E-state index in [1.165, 1.54) is 0 Å². The minimum Gasteiger partial charge on any atom is -0.456 e. The van der Waals surface area contributed by atoms with E-state index in [1.54, 1.807) is 12.1 Å². The van der Waals surface area contributed by atoms with Crippen LogP contribution in [-0.2, 0) is 21.3 Å². The smallest absolute Gasteiger partial charge is 0.266 e. The maximum absolute atomic E-state index is 13.9. The van der Waals surface area contributed by atoms with Crippen LogP contribution in [0, 0.1) is 23.2 Å². The number of hydrogen-bond acceptors (Lipinski definition) is 5. The number of furan rings is 1. The van der Waals surface area contributed by atoms with Gasteiger partial charge in [0, 0.05) is 34.7 Å². The number of nitrogens with one attached hydrogen (secondary N) is 2. The predicted molar refractivity (Wildman–Crippen MR) is 178 cm³/mol. The Morgan fingerprint density at radius 1 is 0.933 bits per heavy atom. The average Bonchev–Trinajstić information content (AvgIpc) is 3.44. The summed E-state index contributed by atoms with van der Waals surface area (Å²) in [5.41, 5.74) is 4.06. The summed E-state index contributed by atoms with van der Waals surface area (Å²) in [6.45, 7) is 6.69. The second kappa shape index (κ2) is 13.6. The molecule has 238 valence electrons. The summed E-state index contributed by atoms with van der Waals surface area (Å²) in [7, 11) is -4.15. The molecular weight excluding hydrogens is 588 g/mol. The summed E-state index contributed by atoms with van der Waals surface area (Å²) >= 11 is 0. The van der Waals surface area contributed by atoms with Crippen molar-refractivity contribution >= 4 is 38.6 Å². The molecule has 3 aromatic carbocycles. The summed E-state index contributed by atoms with van der Waals surface area (Å²) in [5.74, 6) is 0.411. The molecule has 4 aromatic rings. The van der Waals surface area contributed by atoms with E-state index in [0.717, 1.165) is 59.2 Å². The van der Waals surface area contributed by atoms with Crippen molar-refractivity contribution in [2.24, 2.45) is 23.2 Å². The second-order valence-electron chi connectivity index (χ2n) is 13.2. The fraction of sp³-hybridized carbons (Fsp3) is 0.389. The van der Waals surface area contributed by atoms with E-state index in [1.807, 2.05) is 66.7 Å². The van der Waals surface area contributed by atoms with E-state index in [-0.39, 0.29) is 29.7 Å². The normalized spacial score (nSPS) is 18.0. The van der Waals surface area contributed by atoms with Gasteiger partial charge in [0.15, 0.2) is 0 Å². The molecule has 1 atom stereocenters. The van der Waals surface area contributed by atoms with Crippen molar-refractivity contribution in [3.05, 3.63) is 90.0 Å². The van der Waals surface area contributed by atoms with Gasteiger partial charge in [-0.25, -0.2) is 0 Å². The minimum absolute atomic E-state index is 0.0160. The van der Waals surface area contributed by atoms with Crippen LogP contribution in [0.1, 0.15) is 62.4 Å². The number of hydrogen-bond donors (Lipinski definition) is 3. The zero-order valence-corrected chi connectivity index (χ0v) is 26.9. The molecule has 0 radical (unpaired) electrons. The molecule has 0 saturated heterocycles. The van der Waals surface area contributed by atoms with E-state index in [9.17, 15) is 18.0 Å². The summed E-state index contributed by atoms with van der Waals surface area (Å²) in [6, 6.07) is 24.7. The van der Waals surface area contributed by atoms with Crippen LogP contribution < -0.4 is 10.6 Å². The van der Waals surface area contributed by atoms with Crippen molar-refractivity contribution in [1.29, 1.82) is 0 Å². The molecule has 3 N–H and O–H groups in total. The molecule has 2 amide bonds. The Balaban J connectivity index is 1.28. The molecule has 1 fully saturated rings. The average molecular weight is 631 g/mol. The lowest BCUT2D eigenvalue weighted by molar-refractivity contribution is -0.122. The lowest BCUT2D eigenvalue weighted by Gasteiger charge is -2.39. The third kappa shape index (κ3) is 8.61. The molecule has 1 saturated carbocycles. The number of carbonyl (C=O) groups is 2. The van der Waals surface area contributed by atoms with Crippen LogP contribution in [0.5, 0.6) is 0 Å². The molecule has 0 bridgehead atoms. The lowest BCUT2D eigenvalue weighted by atomic mass is 9.66. The number of rotatable bonds is 10. The molecule has 5 rings (SSSR count). The molecule has 1 unspecified atom stereocenters. The van der Waals surface area contributed by atoms with Gasteiger partial charge in [-0.05, 0) is 103 Å². The van der Waals surface area contributed by atoms with Gasteiger partial charge in [0.2, 0.25) is 5.91 Å². The Morgan fingerprint density at radius 3 is 2.22 bits per heavy atom. The third-order valence-corrected chi connectivity index (χ3v) is 9.80. The predicted octanol–water partition coefficient (Wildman–Crippen LogP) is 7.37. The Bertz CT molecular complexity index is 1700. The highest BCUT2D eigenvalue weighted by molar-refractivity contribution is 7.85. The highest BCUT2D eigenvalue weighted by Gasteiger charge is 2.35. The van der Waals surface area contributed by atoms with Gasteiger partial charge >= 0.3 is 0 Å². The van der Waals surface area contributed by atoms with Crippen molar-refractivity contribution in [3.8, 4) is 11.3 Å². The van der Waals surface area contributed by atoms with Gasteiger partial charge in [0.05, 0.1) is 5.75 Å². The van der Waals surface area contributed by atoms with Crippen LogP contribution in [0.4, 0.5) is 5.69 Å². The van der Waals surface area contributed by atoms with Crippen LogP contribution >= 0.6 is 0 Å². The lowest BCUT2D eigenvalue weighted by Crippen LogP contribution is -2.35. The molecule has 0 aliphatic heterocycles. The first-order valence-electron chi connectivity index (χ1n) is 15.6. The molecule has 1 aromatic heterocycles. The van der Waals surface area contributed by atoms with Gasteiger partial charge in [-0.2, -0.15) is 8.42 Å². The molecule has 1 aliphatic rings. The van der Waals surface area contributed by atoms with Crippen LogP contribution in [0.2, 0.25) is 0 Å². The molecular formula is C36H42N2O6S. The highest BCUT2D eigenvalue weighted by Crippen LogP contribution is 2.43. The first-order valence-corrected chi connectivity index (χ1v) is 17.2. The fourth-order valence-corrected chi connectivity index (χ4v) is 6.74. The molecule has 1 aliphatic carbocycles. The Morgan fingerprint density at radius 2 is 1.60 bits per heavy atom. The fourth-order valence-electron chi connectivity index (χ4n) is 6.38. The Kier molecular flexibility index (Phi) is 9.79. The molecule has 45 heavy (non-hydrogen) atoms. The number of carbonyl (C=O) groups excluding carboxylic acids is 2. The van der Waals surface area contributed by atoms with E-state index in [0.29, 0.717) is 17.9 Å². The zero-order chi connectivity index (χ0) is 32.2. The monoisotopic (exact) mass is 630 g/mol. The van der Waals surface area contributed by atoms with Crippen LogP contribution in [0.3, 0.4) is 0 Å². The Hall–Kier alpha value is -3.95. The van der Waals surface area contributed by atoms with E-state index < -0.39 is 21.8 Å². The number of amides is 2. The summed E-state index contributed by atoms with van der Waals surface area (Å²) in [4.78, 5) is 26.3. The number of benzene rings is 3. The van der Waals surface area contributed by atoms with Crippen molar-refractivity contribution in [1.82, 2.24) is 5.32 Å². The van der Waals surface area contributed by atoms with E-state index in [2.05, 4.69) is 31.4 Å². The summed E-state index contributed by atoms with van der Waals surface area (Å²) in [5, 5.41) is 6.71. The zero-order valence-electron chi connectivity index (χ0n) is 26.1. The third-order valence-electron chi connectivity index (χ3n) is 9.08. The number of anilines is 1. The molecule has 8 nitrogen and oxygen atoms in total. The molecule has 1 heterocycles. The highest BCUT2D eigenvalue weighted by atomic mass is 32.2. The van der Waals surface area contributed by atoms with Gasteiger partial charge in [0.1, 0.15) is 11.3 Å². The minimum atomic E-state index is -4.15. The number of fused-ring (bicyclic) bond motifs is 1. The summed E-state index contributed by atoms with van der Waals surface area (Å²) in [6.07, 6.45) is 4.69. The molecule has 9 heteroatoms. The van der Waals surface area contributed by atoms with Gasteiger partial charge in [-0.15, -0.1) is 0 Å². The van der Waals surface area contributed by atoms with Crippen LogP contribution in [-0.4, -0.2) is 37.1 Å². The van der Waals surface area contributed by atoms with Crippen LogP contribution in [0.25, 0.3) is 22.3 Å². The maximum atomic E-state index is 13.9. The van der Waals surface area contributed by atoms with Gasteiger partial charge in [-0.3, -0.25) is 14.1 Å². The van der Waals surface area contributed by atoms with Crippen molar-refractivity contribution in [2.75, 3.05) is 17.6 Å².